The van der Waals surface area contributed by atoms with Gasteiger partial charge < -0.3 is 19.6 Å². The average molecular weight is 350 g/mol. The minimum absolute atomic E-state index is 0.0137. The summed E-state index contributed by atoms with van der Waals surface area (Å²) in [6, 6.07) is 6.80. The van der Waals surface area contributed by atoms with Crippen LogP contribution in [0.5, 0.6) is 0 Å². The third-order valence-electron chi connectivity index (χ3n) is 5.48. The predicted octanol–water partition coefficient (Wildman–Crippen LogP) is 2.43. The van der Waals surface area contributed by atoms with E-state index < -0.39 is 5.60 Å². The molecule has 0 unspecified atom stereocenters. The molecule has 0 spiro atoms. The van der Waals surface area contributed by atoms with Crippen molar-refractivity contribution in [3.8, 4) is 0 Å². The van der Waals surface area contributed by atoms with Crippen LogP contribution in [0, 0.1) is 5.82 Å². The van der Waals surface area contributed by atoms with Gasteiger partial charge in [-0.05, 0) is 37.3 Å². The molecule has 138 valence electrons. The van der Waals surface area contributed by atoms with Gasteiger partial charge in [0, 0.05) is 45.8 Å². The summed E-state index contributed by atoms with van der Waals surface area (Å²) in [7, 11) is 1.85. The topological polar surface area (TPSA) is 53.0 Å². The molecular formula is C19H27FN2O3. The van der Waals surface area contributed by atoms with Crippen LogP contribution < -0.4 is 0 Å². The summed E-state index contributed by atoms with van der Waals surface area (Å²) < 4.78 is 19.2. The number of nitrogens with zero attached hydrogens (tertiary/aromatic N) is 2. The van der Waals surface area contributed by atoms with E-state index in [1.54, 1.807) is 23.1 Å². The first-order valence-corrected chi connectivity index (χ1v) is 9.04. The van der Waals surface area contributed by atoms with Gasteiger partial charge in [0.15, 0.2) is 0 Å². The Kier molecular flexibility index (Phi) is 5.59. The van der Waals surface area contributed by atoms with E-state index in [0.717, 1.165) is 12.8 Å². The quantitative estimate of drug-likeness (QED) is 0.911. The maximum absolute atomic E-state index is 13.8. The highest BCUT2D eigenvalue weighted by molar-refractivity contribution is 5.74. The summed E-state index contributed by atoms with van der Waals surface area (Å²) in [6.45, 7) is 2.39. The van der Waals surface area contributed by atoms with Crippen LogP contribution in [-0.4, -0.2) is 65.9 Å². The molecule has 1 aromatic rings. The van der Waals surface area contributed by atoms with Crippen molar-refractivity contribution >= 4 is 6.03 Å². The minimum atomic E-state index is -0.948. The highest BCUT2D eigenvalue weighted by atomic mass is 19.1. The third kappa shape index (κ3) is 4.30. The molecule has 0 bridgehead atoms. The van der Waals surface area contributed by atoms with E-state index >= 15 is 0 Å². The number of carbonyl (C=O) groups excluding carboxylic acids is 1. The van der Waals surface area contributed by atoms with E-state index in [1.165, 1.54) is 6.07 Å². The number of hydrogen-bond donors (Lipinski definition) is 1. The lowest BCUT2D eigenvalue weighted by molar-refractivity contribution is -0.0177. The maximum Gasteiger partial charge on any atom is 0.319 e. The fourth-order valence-electron chi connectivity index (χ4n) is 3.74. The normalized spacial score (nSPS) is 21.2. The summed E-state index contributed by atoms with van der Waals surface area (Å²) in [4.78, 5) is 16.3. The van der Waals surface area contributed by atoms with Crippen LogP contribution in [0.3, 0.4) is 0 Å². The molecule has 2 amide bonds. The number of hydrogen-bond acceptors (Lipinski definition) is 3. The standard InChI is InChI=1S/C19H27FN2O3/c1-21(16-6-12-25-13-7-16)18(23)22-10-8-19(24,9-11-22)14-15-4-2-3-5-17(15)20/h2-5,16,24H,6-14H2,1H3. The van der Waals surface area contributed by atoms with Crippen molar-refractivity contribution in [1.82, 2.24) is 9.80 Å². The van der Waals surface area contributed by atoms with Crippen molar-refractivity contribution in [2.75, 3.05) is 33.4 Å². The van der Waals surface area contributed by atoms with Gasteiger partial charge in [-0.15, -0.1) is 0 Å². The molecule has 2 aliphatic heterocycles. The van der Waals surface area contributed by atoms with Gasteiger partial charge in [-0.25, -0.2) is 9.18 Å². The zero-order valence-electron chi connectivity index (χ0n) is 14.8. The number of urea groups is 1. The first-order chi connectivity index (χ1) is 12.0. The molecule has 25 heavy (non-hydrogen) atoms. The Labute approximate surface area is 148 Å². The summed E-state index contributed by atoms with van der Waals surface area (Å²) in [5.41, 5.74) is -0.417. The Morgan fingerprint density at radius 3 is 2.60 bits per heavy atom. The average Bonchev–Trinajstić information content (AvgIpc) is 2.64. The van der Waals surface area contributed by atoms with Gasteiger partial charge >= 0.3 is 6.03 Å². The van der Waals surface area contributed by atoms with Gasteiger partial charge in [0.1, 0.15) is 5.82 Å². The summed E-state index contributed by atoms with van der Waals surface area (Å²) in [5.74, 6) is -0.284. The van der Waals surface area contributed by atoms with Crippen molar-refractivity contribution in [3.05, 3.63) is 35.6 Å². The number of aliphatic hydroxyl groups is 1. The number of carbonyl (C=O) groups is 1. The Hall–Kier alpha value is -1.66. The first-order valence-electron chi connectivity index (χ1n) is 9.04. The molecule has 1 aromatic carbocycles. The highest BCUT2D eigenvalue weighted by Gasteiger charge is 2.36. The fourth-order valence-corrected chi connectivity index (χ4v) is 3.74. The molecule has 1 N–H and O–H groups in total. The van der Waals surface area contributed by atoms with Crippen LogP contribution >= 0.6 is 0 Å². The van der Waals surface area contributed by atoms with Crippen LogP contribution in [-0.2, 0) is 11.2 Å². The lowest BCUT2D eigenvalue weighted by atomic mass is 9.85. The van der Waals surface area contributed by atoms with Gasteiger partial charge in [-0.3, -0.25) is 0 Å². The zero-order valence-corrected chi connectivity index (χ0v) is 14.8. The summed E-state index contributed by atoms with van der Waals surface area (Å²) in [6.07, 6.45) is 2.96. The largest absolute Gasteiger partial charge is 0.389 e. The molecule has 6 heteroatoms. The van der Waals surface area contributed by atoms with Gasteiger partial charge in [0.2, 0.25) is 0 Å². The summed E-state index contributed by atoms with van der Waals surface area (Å²) in [5, 5.41) is 10.8. The van der Waals surface area contributed by atoms with Crippen LogP contribution in [0.2, 0.25) is 0 Å². The zero-order chi connectivity index (χ0) is 17.9. The molecule has 5 nitrogen and oxygen atoms in total. The minimum Gasteiger partial charge on any atom is -0.389 e. The third-order valence-corrected chi connectivity index (χ3v) is 5.48. The van der Waals surface area contributed by atoms with Crippen LogP contribution in [0.1, 0.15) is 31.2 Å². The van der Waals surface area contributed by atoms with Crippen molar-refractivity contribution in [1.29, 1.82) is 0 Å². The van der Waals surface area contributed by atoms with E-state index in [4.69, 9.17) is 4.74 Å². The second kappa shape index (κ2) is 7.70. The maximum atomic E-state index is 13.8. The first kappa shape index (κ1) is 18.1. The smallest absolute Gasteiger partial charge is 0.319 e. The Bertz CT molecular complexity index is 596. The number of likely N-dealkylation sites (tertiary alicyclic amines) is 1. The van der Waals surface area contributed by atoms with Crippen molar-refractivity contribution < 1.29 is 19.0 Å². The fraction of sp³-hybridized carbons (Fsp3) is 0.632. The SMILES string of the molecule is CN(C(=O)N1CCC(O)(Cc2ccccc2F)CC1)C1CCOCC1. The molecular weight excluding hydrogens is 323 g/mol. The molecule has 0 aliphatic carbocycles. The Morgan fingerprint density at radius 1 is 1.32 bits per heavy atom. The number of rotatable bonds is 3. The second-order valence-electron chi connectivity index (χ2n) is 7.22. The lowest BCUT2D eigenvalue weighted by Gasteiger charge is -2.41. The van der Waals surface area contributed by atoms with Crippen LogP contribution in [0.25, 0.3) is 0 Å². The van der Waals surface area contributed by atoms with E-state index in [0.29, 0.717) is 44.7 Å². The Morgan fingerprint density at radius 2 is 1.96 bits per heavy atom. The predicted molar refractivity (Wildman–Crippen MR) is 92.9 cm³/mol. The van der Waals surface area contributed by atoms with E-state index in [-0.39, 0.29) is 24.3 Å². The Balaban J connectivity index is 1.55. The molecule has 2 fully saturated rings. The van der Waals surface area contributed by atoms with Crippen LogP contribution in [0.4, 0.5) is 9.18 Å². The molecule has 3 rings (SSSR count). The van der Waals surface area contributed by atoms with Crippen molar-refractivity contribution in [2.24, 2.45) is 0 Å². The molecule has 0 radical (unpaired) electrons. The number of halogens is 1. The lowest BCUT2D eigenvalue weighted by Crippen LogP contribution is -2.53. The van der Waals surface area contributed by atoms with E-state index in [1.807, 2.05) is 11.9 Å². The van der Waals surface area contributed by atoms with Crippen LogP contribution in [0.15, 0.2) is 24.3 Å². The molecule has 0 atom stereocenters. The van der Waals surface area contributed by atoms with Crippen molar-refractivity contribution in [2.45, 2.75) is 43.7 Å². The monoisotopic (exact) mass is 350 g/mol. The molecule has 0 saturated carbocycles. The van der Waals surface area contributed by atoms with Gasteiger partial charge in [-0.2, -0.15) is 0 Å². The molecule has 0 aromatic heterocycles. The molecule has 2 saturated heterocycles. The van der Waals surface area contributed by atoms with E-state index in [9.17, 15) is 14.3 Å². The molecule has 2 aliphatic rings. The second-order valence-corrected chi connectivity index (χ2v) is 7.22. The van der Waals surface area contributed by atoms with Gasteiger partial charge in [0.05, 0.1) is 5.60 Å². The number of amides is 2. The number of benzene rings is 1. The number of piperidine rings is 1. The van der Waals surface area contributed by atoms with E-state index in [2.05, 4.69) is 0 Å². The van der Waals surface area contributed by atoms with Gasteiger partial charge in [0.25, 0.3) is 0 Å². The highest BCUT2D eigenvalue weighted by Crippen LogP contribution is 2.28. The molecule has 2 heterocycles. The van der Waals surface area contributed by atoms with Crippen molar-refractivity contribution in [3.63, 3.8) is 0 Å². The summed E-state index contributed by atoms with van der Waals surface area (Å²) >= 11 is 0. The number of ether oxygens (including phenoxy) is 1. The van der Waals surface area contributed by atoms with Gasteiger partial charge in [-0.1, -0.05) is 18.2 Å².